The smallest absolute Gasteiger partial charge is 0.360 e. The molecule has 0 aliphatic carbocycles. The fourth-order valence-electron chi connectivity index (χ4n) is 5.69. The zero-order chi connectivity index (χ0) is 36.9. The third-order valence-corrected chi connectivity index (χ3v) is 10.1. The van der Waals surface area contributed by atoms with Crippen LogP contribution in [0.5, 0.6) is 0 Å². The monoisotopic (exact) mass is 722 g/mol. The molecular formula is C36H40N2O10P2+2. The third kappa shape index (κ3) is 10.8. The van der Waals surface area contributed by atoms with E-state index in [0.29, 0.717) is 11.1 Å². The molecule has 262 valence electrons. The van der Waals surface area contributed by atoms with E-state index < -0.39 is 63.2 Å². The standard InChI is InChI=1S/C19H20NO5P.C17H18NO5P/c20-17(21)11-10-16(18(22)23)19(24,26-25)12-14-8-4-5-9-15(14)13-6-2-1-3-7-13;18-15(19)8-7-14(16(20)21)17(22,24-23)10-11-5-6-12-3-1-2-4-13(12)9-11/h1-9,16,24H,10-12H2,(H2,20,21)(H,22,23);1-6,9,14,22H,7-8,10H2,(H2,18,19)(H,20,21)/p+2. The molecule has 8 N–H and O–H groups in total. The summed E-state index contributed by atoms with van der Waals surface area (Å²) in [6.07, 6.45) is -0.940. The summed E-state index contributed by atoms with van der Waals surface area (Å²) in [6.45, 7) is 0. The predicted octanol–water partition coefficient (Wildman–Crippen LogP) is 4.64. The topological polar surface area (TPSA) is 235 Å². The molecule has 0 aliphatic heterocycles. The first-order valence-electron chi connectivity index (χ1n) is 15.6. The second-order valence-electron chi connectivity index (χ2n) is 11.9. The maximum atomic E-state index is 11.8. The average Bonchev–Trinajstić information content (AvgIpc) is 3.08. The van der Waals surface area contributed by atoms with Gasteiger partial charge in [-0.2, -0.15) is 0 Å². The third-order valence-electron chi connectivity index (χ3n) is 8.31. The summed E-state index contributed by atoms with van der Waals surface area (Å²) in [4.78, 5) is 45.0. The highest BCUT2D eigenvalue weighted by Gasteiger charge is 2.50. The molecule has 0 heterocycles. The molecule has 14 heteroatoms. The van der Waals surface area contributed by atoms with Crippen molar-refractivity contribution in [3.05, 3.63) is 108 Å². The van der Waals surface area contributed by atoms with Crippen molar-refractivity contribution in [2.75, 3.05) is 0 Å². The van der Waals surface area contributed by atoms with Gasteiger partial charge in [-0.25, -0.2) is 0 Å². The summed E-state index contributed by atoms with van der Waals surface area (Å²) < 4.78 is 23.4. The van der Waals surface area contributed by atoms with E-state index in [1.807, 2.05) is 78.9 Å². The molecule has 0 aromatic heterocycles. The summed E-state index contributed by atoms with van der Waals surface area (Å²) in [5.41, 5.74) is 13.2. The number of hydrogen-bond donors (Lipinski definition) is 6. The first kappa shape index (κ1) is 39.6. The molecule has 0 spiro atoms. The van der Waals surface area contributed by atoms with E-state index in [1.165, 1.54) is 0 Å². The predicted molar refractivity (Wildman–Crippen MR) is 190 cm³/mol. The Morgan fingerprint density at radius 1 is 0.620 bits per heavy atom. The molecule has 2 amide bonds. The van der Waals surface area contributed by atoms with E-state index in [9.17, 15) is 48.7 Å². The molecule has 0 bridgehead atoms. The Hall–Kier alpha value is -4.86. The van der Waals surface area contributed by atoms with Crippen LogP contribution in [0, 0.1) is 11.8 Å². The highest BCUT2D eigenvalue weighted by atomic mass is 31.1. The van der Waals surface area contributed by atoms with Crippen LogP contribution in [0.1, 0.15) is 36.8 Å². The van der Waals surface area contributed by atoms with E-state index >= 15 is 0 Å². The van der Waals surface area contributed by atoms with Crippen LogP contribution in [0.3, 0.4) is 0 Å². The van der Waals surface area contributed by atoms with Gasteiger partial charge in [0.2, 0.25) is 11.8 Å². The van der Waals surface area contributed by atoms with Crippen molar-refractivity contribution >= 4 is 51.4 Å². The number of hydrogen-bond acceptors (Lipinski definition) is 8. The number of nitrogens with two attached hydrogens (primary N) is 2. The zero-order valence-electron chi connectivity index (χ0n) is 27.0. The van der Waals surface area contributed by atoms with Crippen LogP contribution < -0.4 is 11.5 Å². The first-order chi connectivity index (χ1) is 23.7. The number of fused-ring (bicyclic) bond motifs is 1. The molecule has 0 saturated heterocycles. The molecule has 4 rings (SSSR count). The maximum absolute atomic E-state index is 11.8. The van der Waals surface area contributed by atoms with Gasteiger partial charge >= 0.3 is 28.9 Å². The molecule has 0 saturated carbocycles. The van der Waals surface area contributed by atoms with Crippen LogP contribution in [0.2, 0.25) is 0 Å². The Morgan fingerprint density at radius 3 is 1.62 bits per heavy atom. The molecule has 0 aliphatic rings. The number of aliphatic hydroxyl groups is 2. The van der Waals surface area contributed by atoms with Crippen LogP contribution in [0.4, 0.5) is 0 Å². The Balaban J connectivity index is 0.000000271. The Kier molecular flexibility index (Phi) is 14.4. The fraction of sp³-hybridized carbons (Fsp3) is 0.278. The minimum absolute atomic E-state index is 0.0878. The van der Waals surface area contributed by atoms with E-state index in [0.717, 1.165) is 21.9 Å². The lowest BCUT2D eigenvalue weighted by atomic mass is 9.88. The van der Waals surface area contributed by atoms with Gasteiger partial charge in [0.1, 0.15) is 11.8 Å². The minimum atomic E-state index is -1.99. The molecule has 0 fully saturated rings. The average molecular weight is 723 g/mol. The van der Waals surface area contributed by atoms with Gasteiger partial charge in [-0.15, -0.1) is 0 Å². The second-order valence-corrected chi connectivity index (χ2v) is 14.0. The Labute approximate surface area is 291 Å². The Morgan fingerprint density at radius 2 is 1.10 bits per heavy atom. The minimum Gasteiger partial charge on any atom is -0.481 e. The molecule has 4 aromatic rings. The number of carboxylic acids is 2. The molecule has 0 radical (unpaired) electrons. The van der Waals surface area contributed by atoms with Crippen molar-refractivity contribution in [3.8, 4) is 11.1 Å². The quantitative estimate of drug-likeness (QED) is 0.0826. The number of amides is 2. The number of carbonyl (C=O) groups is 4. The van der Waals surface area contributed by atoms with E-state index in [2.05, 4.69) is 0 Å². The molecule has 12 nitrogen and oxygen atoms in total. The van der Waals surface area contributed by atoms with Crippen LogP contribution in [-0.4, -0.2) is 54.9 Å². The maximum Gasteiger partial charge on any atom is 0.360 e. The van der Waals surface area contributed by atoms with Crippen molar-refractivity contribution in [1.29, 1.82) is 0 Å². The van der Waals surface area contributed by atoms with Crippen LogP contribution in [0.25, 0.3) is 21.9 Å². The Bertz CT molecular complexity index is 1840. The van der Waals surface area contributed by atoms with E-state index in [-0.39, 0.29) is 38.5 Å². The van der Waals surface area contributed by atoms with Gasteiger partial charge in [0.05, 0.1) is 0 Å². The summed E-state index contributed by atoms with van der Waals surface area (Å²) in [6, 6.07) is 29.7. The van der Waals surface area contributed by atoms with Gasteiger partial charge in [0.15, 0.2) is 0 Å². The van der Waals surface area contributed by atoms with Gasteiger partial charge in [-0.05, 0) is 45.9 Å². The fourth-order valence-corrected chi connectivity index (χ4v) is 7.05. The summed E-state index contributed by atoms with van der Waals surface area (Å²) in [7, 11) is -2.52. The van der Waals surface area contributed by atoms with Crippen molar-refractivity contribution in [3.63, 3.8) is 0 Å². The molecule has 4 aromatic carbocycles. The zero-order valence-corrected chi connectivity index (χ0v) is 29.0. The SMILES string of the molecule is NC(=O)CCC(C(=O)O)C(O)(Cc1ccc2ccccc2c1)[PH+]=O.NC(=O)CCC(C(=O)O)C(O)(Cc1ccccc1-c1ccccc1)[PH+]=O. The number of carbonyl (C=O) groups excluding carboxylic acids is 2. The van der Waals surface area contributed by atoms with Crippen LogP contribution in [0.15, 0.2) is 97.1 Å². The van der Waals surface area contributed by atoms with Crippen molar-refractivity contribution in [2.45, 2.75) is 49.2 Å². The number of primary amides is 2. The number of rotatable bonds is 17. The van der Waals surface area contributed by atoms with E-state index in [4.69, 9.17) is 11.5 Å². The highest BCUT2D eigenvalue weighted by Crippen LogP contribution is 2.39. The highest BCUT2D eigenvalue weighted by molar-refractivity contribution is 7.26. The molecule has 6 unspecified atom stereocenters. The molecular weight excluding hydrogens is 682 g/mol. The van der Waals surface area contributed by atoms with Crippen LogP contribution >= 0.6 is 16.9 Å². The van der Waals surface area contributed by atoms with Gasteiger partial charge in [-0.3, -0.25) is 19.2 Å². The second kappa shape index (κ2) is 18.2. The largest absolute Gasteiger partial charge is 0.481 e. The van der Waals surface area contributed by atoms with Crippen molar-refractivity contribution in [2.24, 2.45) is 23.3 Å². The van der Waals surface area contributed by atoms with Crippen molar-refractivity contribution < 1.29 is 48.7 Å². The van der Waals surface area contributed by atoms with Gasteiger partial charge < -0.3 is 31.9 Å². The lowest BCUT2D eigenvalue weighted by Gasteiger charge is -2.23. The number of carboxylic acid groups (broad SMARTS) is 2. The lowest BCUT2D eigenvalue weighted by molar-refractivity contribution is -0.149. The van der Waals surface area contributed by atoms with Gasteiger partial charge in [0.25, 0.3) is 10.7 Å². The number of aliphatic carboxylic acids is 2. The normalized spacial score (nSPS) is 14.8. The van der Waals surface area contributed by atoms with Crippen molar-refractivity contribution in [1.82, 2.24) is 0 Å². The van der Waals surface area contributed by atoms with Crippen LogP contribution in [-0.2, 0) is 41.1 Å². The molecule has 6 atom stereocenters. The van der Waals surface area contributed by atoms with E-state index in [1.54, 1.807) is 18.2 Å². The summed E-state index contributed by atoms with van der Waals surface area (Å²) >= 11 is 0. The molecule has 50 heavy (non-hydrogen) atoms. The summed E-state index contributed by atoms with van der Waals surface area (Å²) in [5.74, 6) is -6.65. The lowest BCUT2D eigenvalue weighted by Crippen LogP contribution is -2.40. The summed E-state index contributed by atoms with van der Waals surface area (Å²) in [5, 5.41) is 38.3. The van der Waals surface area contributed by atoms with Gasteiger partial charge in [0, 0.05) is 25.7 Å². The van der Waals surface area contributed by atoms with Gasteiger partial charge in [-0.1, -0.05) is 106 Å². The number of benzene rings is 4. The first-order valence-corrected chi connectivity index (χ1v) is 17.4.